The zero-order valence-electron chi connectivity index (χ0n) is 14.7. The van der Waals surface area contributed by atoms with Crippen molar-refractivity contribution in [2.45, 2.75) is 23.9 Å². The second-order valence-electron chi connectivity index (χ2n) is 6.09. The van der Waals surface area contributed by atoms with Gasteiger partial charge in [-0.25, -0.2) is 4.98 Å². The molecule has 0 aliphatic carbocycles. The molecule has 0 saturated heterocycles. The normalized spacial score (nSPS) is 11.3. The summed E-state index contributed by atoms with van der Waals surface area (Å²) in [6.45, 7) is 1.89. The summed E-state index contributed by atoms with van der Waals surface area (Å²) in [5.41, 5.74) is 1.02. The highest BCUT2D eigenvalue weighted by Crippen LogP contribution is 2.39. The second-order valence-corrected chi connectivity index (χ2v) is 7.46. The summed E-state index contributed by atoms with van der Waals surface area (Å²) in [5, 5.41) is 9.93. The Morgan fingerprint density at radius 1 is 1.11 bits per heavy atom. The summed E-state index contributed by atoms with van der Waals surface area (Å²) in [6.07, 6.45) is -4.66. The average molecular weight is 419 g/mol. The minimum Gasteiger partial charge on any atom is -0.240 e. The molecule has 2 nitrogen and oxygen atoms in total. The van der Waals surface area contributed by atoms with Crippen molar-refractivity contribution in [1.82, 2.24) is 4.98 Å². The predicted molar refractivity (Wildman–Crippen MR) is 105 cm³/mol. The number of aromatic nitrogens is 1. The Morgan fingerprint density at radius 2 is 1.79 bits per heavy atom. The van der Waals surface area contributed by atoms with Gasteiger partial charge in [-0.1, -0.05) is 59.6 Å². The molecule has 1 aromatic heterocycles. The molecule has 1 heterocycles. The third-order valence-corrected chi connectivity index (χ3v) is 5.47. The maximum absolute atomic E-state index is 13.6. The van der Waals surface area contributed by atoms with Gasteiger partial charge in [-0.05, 0) is 24.6 Å². The topological polar surface area (TPSA) is 36.7 Å². The van der Waals surface area contributed by atoms with E-state index in [0.717, 1.165) is 29.0 Å². The molecule has 0 radical (unpaired) electrons. The van der Waals surface area contributed by atoms with Crippen LogP contribution in [0, 0.1) is 18.3 Å². The van der Waals surface area contributed by atoms with Gasteiger partial charge in [0.1, 0.15) is 11.1 Å². The number of benzene rings is 2. The maximum Gasteiger partial charge on any atom is 0.417 e. The SMILES string of the molecule is Cc1ccc(-c2cc(C(F)(F)F)c(C#N)c(SCc3ccccc3Cl)n2)cc1. The van der Waals surface area contributed by atoms with Gasteiger partial charge < -0.3 is 0 Å². The zero-order valence-corrected chi connectivity index (χ0v) is 16.3. The largest absolute Gasteiger partial charge is 0.417 e. The first-order valence-electron chi connectivity index (χ1n) is 8.25. The number of rotatable bonds is 4. The number of thioether (sulfide) groups is 1. The number of halogens is 4. The molecular formula is C21H14ClF3N2S. The molecule has 2 aromatic carbocycles. The van der Waals surface area contributed by atoms with Crippen molar-refractivity contribution in [3.63, 3.8) is 0 Å². The van der Waals surface area contributed by atoms with Crippen molar-refractivity contribution in [2.75, 3.05) is 0 Å². The molecule has 0 atom stereocenters. The Kier molecular flexibility index (Phi) is 5.97. The molecule has 142 valence electrons. The Morgan fingerprint density at radius 3 is 2.39 bits per heavy atom. The van der Waals surface area contributed by atoms with Gasteiger partial charge in [0.15, 0.2) is 0 Å². The fourth-order valence-corrected chi connectivity index (χ4v) is 3.88. The fraction of sp³-hybridized carbons (Fsp3) is 0.143. The first-order valence-corrected chi connectivity index (χ1v) is 9.61. The minimum atomic E-state index is -4.66. The van der Waals surface area contributed by atoms with Crippen molar-refractivity contribution in [3.8, 4) is 17.3 Å². The van der Waals surface area contributed by atoms with Crippen LogP contribution in [0.25, 0.3) is 11.3 Å². The van der Waals surface area contributed by atoms with Crippen molar-refractivity contribution < 1.29 is 13.2 Å². The van der Waals surface area contributed by atoms with Crippen LogP contribution in [0.15, 0.2) is 59.6 Å². The lowest BCUT2D eigenvalue weighted by molar-refractivity contribution is -0.138. The van der Waals surface area contributed by atoms with Gasteiger partial charge in [0.05, 0.1) is 16.8 Å². The molecule has 0 amide bonds. The van der Waals surface area contributed by atoms with Crippen LogP contribution in [0.2, 0.25) is 5.02 Å². The Balaban J connectivity index is 2.08. The van der Waals surface area contributed by atoms with Crippen molar-refractivity contribution >= 4 is 23.4 Å². The van der Waals surface area contributed by atoms with Gasteiger partial charge in [0.2, 0.25) is 0 Å². The van der Waals surface area contributed by atoms with E-state index in [1.54, 1.807) is 54.6 Å². The van der Waals surface area contributed by atoms with E-state index in [1.807, 2.05) is 6.92 Å². The first-order chi connectivity index (χ1) is 13.3. The number of aryl methyl sites for hydroxylation is 1. The summed E-state index contributed by atoms with van der Waals surface area (Å²) in [4.78, 5) is 4.36. The lowest BCUT2D eigenvalue weighted by atomic mass is 10.0. The lowest BCUT2D eigenvalue weighted by Gasteiger charge is -2.14. The number of hydrogen-bond acceptors (Lipinski definition) is 3. The van der Waals surface area contributed by atoms with Crippen LogP contribution in [0.4, 0.5) is 13.2 Å². The van der Waals surface area contributed by atoms with E-state index < -0.39 is 17.3 Å². The van der Waals surface area contributed by atoms with Crippen molar-refractivity contribution in [3.05, 3.63) is 81.9 Å². The fourth-order valence-electron chi connectivity index (χ4n) is 2.59. The van der Waals surface area contributed by atoms with Gasteiger partial charge >= 0.3 is 6.18 Å². The minimum absolute atomic E-state index is 0.0350. The van der Waals surface area contributed by atoms with Crippen LogP contribution >= 0.6 is 23.4 Å². The van der Waals surface area contributed by atoms with Crippen molar-refractivity contribution in [1.29, 1.82) is 5.26 Å². The van der Waals surface area contributed by atoms with Gasteiger partial charge in [0.25, 0.3) is 0 Å². The van der Waals surface area contributed by atoms with Crippen LogP contribution in [0.5, 0.6) is 0 Å². The third-order valence-electron chi connectivity index (χ3n) is 4.07. The number of hydrogen-bond donors (Lipinski definition) is 0. The first kappa shape index (κ1) is 20.2. The van der Waals surface area contributed by atoms with Gasteiger partial charge in [0, 0.05) is 16.3 Å². The van der Waals surface area contributed by atoms with Crippen LogP contribution in [0.1, 0.15) is 22.3 Å². The molecule has 0 spiro atoms. The van der Waals surface area contributed by atoms with E-state index in [9.17, 15) is 18.4 Å². The molecule has 0 N–H and O–H groups in total. The smallest absolute Gasteiger partial charge is 0.240 e. The van der Waals surface area contributed by atoms with Crippen LogP contribution in [0.3, 0.4) is 0 Å². The number of nitrogens with zero attached hydrogens (tertiary/aromatic N) is 2. The lowest BCUT2D eigenvalue weighted by Crippen LogP contribution is -2.10. The van der Waals surface area contributed by atoms with Gasteiger partial charge in [-0.15, -0.1) is 11.8 Å². The standard InChI is InChI=1S/C21H14ClF3N2S/c1-13-6-8-14(9-7-13)19-10-17(21(23,24)25)16(11-26)20(27-19)28-12-15-4-2-3-5-18(15)22/h2-10H,12H2,1H3. The molecule has 0 unspecified atom stereocenters. The summed E-state index contributed by atoms with van der Waals surface area (Å²) < 4.78 is 40.8. The highest BCUT2D eigenvalue weighted by Gasteiger charge is 2.36. The van der Waals surface area contributed by atoms with Crippen LogP contribution in [-0.2, 0) is 11.9 Å². The number of pyridine rings is 1. The molecule has 0 fully saturated rings. The van der Waals surface area contributed by atoms with Gasteiger partial charge in [-0.2, -0.15) is 18.4 Å². The van der Waals surface area contributed by atoms with E-state index in [4.69, 9.17) is 11.6 Å². The third kappa shape index (κ3) is 4.49. The van der Waals surface area contributed by atoms with E-state index in [-0.39, 0.29) is 10.7 Å². The second kappa shape index (κ2) is 8.26. The maximum atomic E-state index is 13.6. The highest BCUT2D eigenvalue weighted by atomic mass is 35.5. The molecule has 28 heavy (non-hydrogen) atoms. The quantitative estimate of drug-likeness (QED) is 0.433. The Hall–Kier alpha value is -2.49. The number of alkyl halides is 3. The van der Waals surface area contributed by atoms with E-state index in [1.165, 1.54) is 0 Å². The monoisotopic (exact) mass is 418 g/mol. The molecule has 0 aliphatic heterocycles. The van der Waals surface area contributed by atoms with Crippen molar-refractivity contribution in [2.24, 2.45) is 0 Å². The predicted octanol–water partition coefficient (Wildman–Crippen LogP) is 6.89. The molecule has 3 aromatic rings. The molecule has 0 aliphatic rings. The molecule has 0 saturated carbocycles. The summed E-state index contributed by atoms with van der Waals surface area (Å²) in [7, 11) is 0. The molecule has 0 bridgehead atoms. The van der Waals surface area contributed by atoms with Crippen LogP contribution < -0.4 is 0 Å². The summed E-state index contributed by atoms with van der Waals surface area (Å²) in [5.74, 6) is 0.302. The molecular weight excluding hydrogens is 405 g/mol. The molecule has 3 rings (SSSR count). The summed E-state index contributed by atoms with van der Waals surface area (Å²) >= 11 is 7.19. The average Bonchev–Trinajstić information content (AvgIpc) is 2.66. The van der Waals surface area contributed by atoms with E-state index >= 15 is 0 Å². The van der Waals surface area contributed by atoms with E-state index in [0.29, 0.717) is 16.3 Å². The zero-order chi connectivity index (χ0) is 20.3. The number of nitriles is 1. The Bertz CT molecular complexity index is 1040. The Labute approximate surface area is 170 Å². The molecule has 7 heteroatoms. The van der Waals surface area contributed by atoms with Gasteiger partial charge in [-0.3, -0.25) is 0 Å². The highest BCUT2D eigenvalue weighted by molar-refractivity contribution is 7.98. The van der Waals surface area contributed by atoms with Crippen LogP contribution in [-0.4, -0.2) is 4.98 Å². The summed E-state index contributed by atoms with van der Waals surface area (Å²) in [6, 6.07) is 16.7. The van der Waals surface area contributed by atoms with E-state index in [2.05, 4.69) is 4.98 Å².